The third-order valence-electron chi connectivity index (χ3n) is 8.40. The lowest BCUT2D eigenvalue weighted by Gasteiger charge is -2.20. The van der Waals surface area contributed by atoms with Crippen molar-refractivity contribution in [2.24, 2.45) is 5.73 Å². The molecule has 12 heteroatoms. The summed E-state index contributed by atoms with van der Waals surface area (Å²) in [5.41, 5.74) is 5.32. The van der Waals surface area contributed by atoms with Crippen molar-refractivity contribution in [2.75, 3.05) is 19.8 Å². The molecule has 3 atom stereocenters. The van der Waals surface area contributed by atoms with Gasteiger partial charge in [-0.2, -0.15) is 0 Å². The Morgan fingerprint density at radius 3 is 1.62 bits per heavy atom. The quantitative estimate of drug-likeness (QED) is 0.0238. The molecule has 11 nitrogen and oxygen atoms in total. The normalized spacial score (nSPS) is 14.2. The van der Waals surface area contributed by atoms with E-state index in [0.29, 0.717) is 12.8 Å². The molecule has 0 saturated heterocycles. The van der Waals surface area contributed by atoms with Crippen LogP contribution >= 0.6 is 7.82 Å². The summed E-state index contributed by atoms with van der Waals surface area (Å²) >= 11 is 0. The van der Waals surface area contributed by atoms with Crippen LogP contribution in [0.1, 0.15) is 168 Å². The van der Waals surface area contributed by atoms with Crippen molar-refractivity contribution in [1.29, 1.82) is 0 Å². The number of unbranched alkanes of at least 4 members (excludes halogenated alkanes) is 17. The second-order valence-electron chi connectivity index (χ2n) is 13.4. The molecule has 1 unspecified atom stereocenters. The van der Waals surface area contributed by atoms with Gasteiger partial charge in [0.1, 0.15) is 12.6 Å². The van der Waals surface area contributed by atoms with E-state index < -0.39 is 51.1 Å². The van der Waals surface area contributed by atoms with E-state index in [1.54, 1.807) is 0 Å². The summed E-state index contributed by atoms with van der Waals surface area (Å²) in [5, 5.41) is 8.87. The van der Waals surface area contributed by atoms with Crippen molar-refractivity contribution in [1.82, 2.24) is 0 Å². The van der Waals surface area contributed by atoms with Gasteiger partial charge >= 0.3 is 25.7 Å². The average molecular weight is 758 g/mol. The first-order valence-electron chi connectivity index (χ1n) is 20.0. The molecule has 0 aliphatic rings. The molecule has 0 radical (unpaired) electrons. The number of allylic oxidation sites excluding steroid dienone is 6. The molecule has 0 heterocycles. The molecule has 0 saturated carbocycles. The fourth-order valence-corrected chi connectivity index (χ4v) is 6.03. The number of carbonyl (C=O) groups is 3. The Kier molecular flexibility index (Phi) is 34.1. The van der Waals surface area contributed by atoms with E-state index in [2.05, 4.69) is 54.8 Å². The lowest BCUT2D eigenvalue weighted by Crippen LogP contribution is -2.34. The minimum atomic E-state index is -4.71. The van der Waals surface area contributed by atoms with Gasteiger partial charge in [0.05, 0.1) is 13.2 Å². The zero-order valence-electron chi connectivity index (χ0n) is 32.4. The predicted octanol–water partition coefficient (Wildman–Crippen LogP) is 10.1. The maximum Gasteiger partial charge on any atom is 0.472 e. The van der Waals surface area contributed by atoms with Gasteiger partial charge in [0.15, 0.2) is 6.10 Å². The number of carboxylic acids is 1. The zero-order valence-corrected chi connectivity index (χ0v) is 33.3. The highest BCUT2D eigenvalue weighted by Gasteiger charge is 2.28. The predicted molar refractivity (Wildman–Crippen MR) is 208 cm³/mol. The van der Waals surface area contributed by atoms with Crippen LogP contribution in [0, 0.1) is 0 Å². The standard InChI is InChI=1S/C40H72NO10P/c1-3-5-7-9-11-13-15-17-18-20-22-24-26-28-30-32-39(43)51-36(34-49-52(46,47)50-35-37(41)40(44)45)33-48-38(42)31-29-27-25-23-21-19-16-14-12-10-8-6-4-2/h5,7,11,13,17-18,36-37H,3-4,6,8-10,12,14-16,19-35,41H2,1-2H3,(H,44,45)(H,46,47)/b7-5-,13-11-,18-17-/t36-,37+/m1/s1. The number of aliphatic carboxylic acids is 1. The summed E-state index contributed by atoms with van der Waals surface area (Å²) in [6.45, 7) is 2.66. The summed E-state index contributed by atoms with van der Waals surface area (Å²) in [6.07, 6.45) is 36.4. The molecule has 0 aromatic carbocycles. The van der Waals surface area contributed by atoms with Crippen LogP contribution in [0.4, 0.5) is 0 Å². The Hall–Kier alpha value is -2.30. The minimum absolute atomic E-state index is 0.143. The van der Waals surface area contributed by atoms with Gasteiger partial charge in [0.25, 0.3) is 0 Å². The highest BCUT2D eigenvalue weighted by Crippen LogP contribution is 2.43. The first kappa shape index (κ1) is 49.7. The molecule has 0 aliphatic heterocycles. The van der Waals surface area contributed by atoms with Gasteiger partial charge in [-0.15, -0.1) is 0 Å². The van der Waals surface area contributed by atoms with Crippen molar-refractivity contribution in [3.05, 3.63) is 36.5 Å². The van der Waals surface area contributed by atoms with Gasteiger partial charge in [-0.25, -0.2) is 4.57 Å². The van der Waals surface area contributed by atoms with Crippen LogP contribution < -0.4 is 5.73 Å². The molecule has 0 bridgehead atoms. The fraction of sp³-hybridized carbons (Fsp3) is 0.775. The Labute approximate surface area is 314 Å². The topological polar surface area (TPSA) is 172 Å². The summed E-state index contributed by atoms with van der Waals surface area (Å²) in [7, 11) is -4.71. The van der Waals surface area contributed by atoms with Crippen LogP contribution in [0.3, 0.4) is 0 Å². The Bertz CT molecular complexity index is 1030. The molecule has 0 amide bonds. The van der Waals surface area contributed by atoms with Crippen molar-refractivity contribution < 1.29 is 47.5 Å². The Balaban J connectivity index is 4.44. The SMILES string of the molecule is CC/C=C\C/C=C\C/C=C\CCCCCCCC(=O)O[C@H](COC(=O)CCCCCCCCCCCCCCC)COP(=O)(O)OC[C@H](N)C(=O)O. The number of ether oxygens (including phenoxy) is 2. The van der Waals surface area contributed by atoms with Crippen molar-refractivity contribution in [3.63, 3.8) is 0 Å². The first-order valence-corrected chi connectivity index (χ1v) is 21.5. The van der Waals surface area contributed by atoms with Gasteiger partial charge < -0.3 is 25.2 Å². The molecule has 0 spiro atoms. The number of rotatable bonds is 37. The van der Waals surface area contributed by atoms with Gasteiger partial charge in [0, 0.05) is 12.8 Å². The van der Waals surface area contributed by atoms with E-state index >= 15 is 0 Å². The molecule has 0 aromatic heterocycles. The summed E-state index contributed by atoms with van der Waals surface area (Å²) in [6, 6.07) is -1.52. The van der Waals surface area contributed by atoms with Crippen molar-refractivity contribution >= 4 is 25.7 Å². The maximum atomic E-state index is 12.6. The summed E-state index contributed by atoms with van der Waals surface area (Å²) < 4.78 is 32.6. The number of phosphoric acid groups is 1. The first-order chi connectivity index (χ1) is 25.1. The van der Waals surface area contributed by atoms with Gasteiger partial charge in [0.2, 0.25) is 0 Å². The van der Waals surface area contributed by atoms with E-state index in [-0.39, 0.29) is 19.4 Å². The number of carbonyl (C=O) groups excluding carboxylic acids is 2. The number of phosphoric ester groups is 1. The molecule has 52 heavy (non-hydrogen) atoms. The zero-order chi connectivity index (χ0) is 38.5. The summed E-state index contributed by atoms with van der Waals surface area (Å²) in [5.74, 6) is -2.40. The van der Waals surface area contributed by atoms with Crippen molar-refractivity contribution in [2.45, 2.75) is 180 Å². The molecule has 0 rings (SSSR count). The molecule has 4 N–H and O–H groups in total. The molecular weight excluding hydrogens is 685 g/mol. The smallest absolute Gasteiger partial charge is 0.472 e. The third kappa shape index (κ3) is 34.8. The number of esters is 2. The second-order valence-corrected chi connectivity index (χ2v) is 14.8. The van der Waals surface area contributed by atoms with Crippen LogP contribution in [0.15, 0.2) is 36.5 Å². The Morgan fingerprint density at radius 2 is 1.08 bits per heavy atom. The molecule has 0 aromatic rings. The van der Waals surface area contributed by atoms with Crippen molar-refractivity contribution in [3.8, 4) is 0 Å². The number of nitrogens with two attached hydrogens (primary N) is 1. The molecule has 302 valence electrons. The minimum Gasteiger partial charge on any atom is -0.480 e. The molecular formula is C40H72NO10P. The third-order valence-corrected chi connectivity index (χ3v) is 9.35. The van der Waals surface area contributed by atoms with E-state index in [1.165, 1.54) is 57.8 Å². The van der Waals surface area contributed by atoms with Gasteiger partial charge in [-0.1, -0.05) is 147 Å². The highest BCUT2D eigenvalue weighted by atomic mass is 31.2. The molecule has 0 fully saturated rings. The largest absolute Gasteiger partial charge is 0.480 e. The number of hydrogen-bond donors (Lipinski definition) is 3. The number of carboxylic acid groups (broad SMARTS) is 1. The van der Waals surface area contributed by atoms with Gasteiger partial charge in [-0.3, -0.25) is 23.4 Å². The lowest BCUT2D eigenvalue weighted by atomic mass is 10.0. The van der Waals surface area contributed by atoms with E-state index in [9.17, 15) is 23.8 Å². The maximum absolute atomic E-state index is 12.6. The monoisotopic (exact) mass is 757 g/mol. The van der Waals surface area contributed by atoms with E-state index in [0.717, 1.165) is 70.6 Å². The van der Waals surface area contributed by atoms with Crippen LogP contribution in [-0.4, -0.2) is 59.9 Å². The van der Waals surface area contributed by atoms with E-state index in [1.807, 2.05) is 0 Å². The Morgan fingerprint density at radius 1 is 0.615 bits per heavy atom. The van der Waals surface area contributed by atoms with E-state index in [4.69, 9.17) is 24.8 Å². The van der Waals surface area contributed by atoms with Crippen LogP contribution in [0.5, 0.6) is 0 Å². The highest BCUT2D eigenvalue weighted by molar-refractivity contribution is 7.47. The lowest BCUT2D eigenvalue weighted by molar-refractivity contribution is -0.161. The fourth-order valence-electron chi connectivity index (χ4n) is 5.25. The second kappa shape index (κ2) is 35.7. The van der Waals surface area contributed by atoms with Crippen LogP contribution in [0.25, 0.3) is 0 Å². The average Bonchev–Trinajstić information content (AvgIpc) is 3.12. The molecule has 0 aliphatic carbocycles. The van der Waals surface area contributed by atoms with Crippen LogP contribution in [0.2, 0.25) is 0 Å². The summed E-state index contributed by atoms with van der Waals surface area (Å²) in [4.78, 5) is 45.8. The van der Waals surface area contributed by atoms with Gasteiger partial charge in [-0.05, 0) is 44.9 Å². The number of hydrogen-bond acceptors (Lipinski definition) is 9. The van der Waals surface area contributed by atoms with Crippen LogP contribution in [-0.2, 0) is 37.5 Å².